The zero-order valence-corrected chi connectivity index (χ0v) is 10.9. The van der Waals surface area contributed by atoms with E-state index in [1.54, 1.807) is 0 Å². The molecule has 1 amide bonds. The van der Waals surface area contributed by atoms with E-state index in [2.05, 4.69) is 43.5 Å². The Balaban J connectivity index is 2.27. The van der Waals surface area contributed by atoms with Crippen LogP contribution in [0.3, 0.4) is 0 Å². The lowest BCUT2D eigenvalue weighted by molar-refractivity contribution is -0.126. The molecule has 1 rings (SSSR count). The number of rotatable bonds is 5. The average Bonchev–Trinajstić information content (AvgIpc) is 2.61. The van der Waals surface area contributed by atoms with Crippen LogP contribution in [0.15, 0.2) is 0 Å². The zero-order valence-electron chi connectivity index (χ0n) is 10.9. The van der Waals surface area contributed by atoms with Crippen molar-refractivity contribution in [1.29, 1.82) is 0 Å². The van der Waals surface area contributed by atoms with E-state index in [0.29, 0.717) is 5.92 Å². The summed E-state index contributed by atoms with van der Waals surface area (Å²) in [5.41, 5.74) is 0. The molecule has 0 aliphatic carbocycles. The lowest BCUT2D eigenvalue weighted by Gasteiger charge is -2.20. The van der Waals surface area contributed by atoms with E-state index in [9.17, 15) is 4.79 Å². The molecule has 0 saturated carbocycles. The van der Waals surface area contributed by atoms with Gasteiger partial charge in [-0.15, -0.1) is 0 Å². The largest absolute Gasteiger partial charge is 0.353 e. The Morgan fingerprint density at radius 3 is 2.69 bits per heavy atom. The minimum absolute atomic E-state index is 0.154. The summed E-state index contributed by atoms with van der Waals surface area (Å²) >= 11 is 0. The van der Waals surface area contributed by atoms with Gasteiger partial charge in [-0.25, -0.2) is 0 Å². The van der Waals surface area contributed by atoms with Gasteiger partial charge in [0.25, 0.3) is 0 Å². The molecule has 0 spiro atoms. The quantitative estimate of drug-likeness (QED) is 0.710. The molecule has 0 aromatic rings. The van der Waals surface area contributed by atoms with Crippen molar-refractivity contribution in [1.82, 2.24) is 15.5 Å². The van der Waals surface area contributed by atoms with Crippen molar-refractivity contribution in [3.05, 3.63) is 0 Å². The monoisotopic (exact) mass is 227 g/mol. The van der Waals surface area contributed by atoms with Gasteiger partial charge in [-0.2, -0.15) is 0 Å². The van der Waals surface area contributed by atoms with Gasteiger partial charge in [0, 0.05) is 12.6 Å². The normalized spacial score (nSPS) is 27.1. The van der Waals surface area contributed by atoms with E-state index in [0.717, 1.165) is 26.1 Å². The van der Waals surface area contributed by atoms with Crippen LogP contribution >= 0.6 is 0 Å². The molecule has 0 bridgehead atoms. The number of nitrogens with zero attached hydrogens (tertiary/aromatic N) is 1. The molecular formula is C12H25N3O. The van der Waals surface area contributed by atoms with E-state index in [4.69, 9.17) is 0 Å². The van der Waals surface area contributed by atoms with E-state index in [-0.39, 0.29) is 17.9 Å². The van der Waals surface area contributed by atoms with Gasteiger partial charge in [0.15, 0.2) is 0 Å². The second-order valence-electron chi connectivity index (χ2n) is 5.24. The summed E-state index contributed by atoms with van der Waals surface area (Å²) in [5, 5.41) is 6.36. The number of nitrogens with one attached hydrogen (secondary N) is 2. The van der Waals surface area contributed by atoms with E-state index >= 15 is 0 Å². The van der Waals surface area contributed by atoms with Crippen LogP contribution in [0.5, 0.6) is 0 Å². The van der Waals surface area contributed by atoms with Crippen molar-refractivity contribution in [3.63, 3.8) is 0 Å². The summed E-state index contributed by atoms with van der Waals surface area (Å²) in [6.07, 6.45) is 1.01. The van der Waals surface area contributed by atoms with Crippen LogP contribution in [-0.2, 0) is 4.79 Å². The first-order valence-corrected chi connectivity index (χ1v) is 6.16. The Kier molecular flexibility index (Phi) is 5.22. The summed E-state index contributed by atoms with van der Waals surface area (Å²) in [6.45, 7) is 7.01. The highest BCUT2D eigenvalue weighted by Crippen LogP contribution is 2.15. The predicted molar refractivity (Wildman–Crippen MR) is 66.3 cm³/mol. The van der Waals surface area contributed by atoms with E-state index < -0.39 is 0 Å². The van der Waals surface area contributed by atoms with Crippen molar-refractivity contribution in [2.45, 2.75) is 26.3 Å². The van der Waals surface area contributed by atoms with E-state index in [1.165, 1.54) is 0 Å². The first-order chi connectivity index (χ1) is 7.50. The summed E-state index contributed by atoms with van der Waals surface area (Å²) in [6, 6.07) is 0.266. The maximum atomic E-state index is 11.9. The molecule has 2 N–H and O–H groups in total. The van der Waals surface area contributed by atoms with Gasteiger partial charge >= 0.3 is 0 Å². The highest BCUT2D eigenvalue weighted by molar-refractivity contribution is 5.79. The number of hydrogen-bond acceptors (Lipinski definition) is 3. The molecule has 3 unspecified atom stereocenters. The van der Waals surface area contributed by atoms with Gasteiger partial charge in [0.1, 0.15) is 0 Å². The lowest BCUT2D eigenvalue weighted by atomic mass is 9.97. The summed E-state index contributed by atoms with van der Waals surface area (Å²) in [7, 11) is 4.11. The SMILES string of the molecule is CC(CCN(C)C)NC(=O)C1CNCC1C. The molecule has 94 valence electrons. The molecule has 0 radical (unpaired) electrons. The molecule has 3 atom stereocenters. The first-order valence-electron chi connectivity index (χ1n) is 6.16. The average molecular weight is 227 g/mol. The highest BCUT2D eigenvalue weighted by atomic mass is 16.2. The third-order valence-electron chi connectivity index (χ3n) is 3.25. The number of carbonyl (C=O) groups is 1. The Morgan fingerprint density at radius 1 is 1.50 bits per heavy atom. The molecule has 16 heavy (non-hydrogen) atoms. The van der Waals surface area contributed by atoms with Gasteiger partial charge in [-0.1, -0.05) is 6.92 Å². The standard InChI is InChI=1S/C12H25N3O/c1-9-7-13-8-11(9)12(16)14-10(2)5-6-15(3)4/h9-11,13H,5-8H2,1-4H3,(H,14,16). The summed E-state index contributed by atoms with van der Waals surface area (Å²) in [5.74, 6) is 0.826. The molecule has 4 heteroatoms. The second-order valence-corrected chi connectivity index (χ2v) is 5.24. The molecule has 4 nitrogen and oxygen atoms in total. The van der Waals surface area contributed by atoms with Crippen molar-refractivity contribution in [2.75, 3.05) is 33.7 Å². The Labute approximate surface area is 98.8 Å². The van der Waals surface area contributed by atoms with Crippen molar-refractivity contribution < 1.29 is 4.79 Å². The van der Waals surface area contributed by atoms with Crippen molar-refractivity contribution in [2.24, 2.45) is 11.8 Å². The van der Waals surface area contributed by atoms with Gasteiger partial charge in [-0.3, -0.25) is 4.79 Å². The van der Waals surface area contributed by atoms with Crippen molar-refractivity contribution in [3.8, 4) is 0 Å². The topological polar surface area (TPSA) is 44.4 Å². The van der Waals surface area contributed by atoms with Gasteiger partial charge in [0.2, 0.25) is 5.91 Å². The molecule has 0 aromatic carbocycles. The summed E-state index contributed by atoms with van der Waals surface area (Å²) < 4.78 is 0. The number of hydrogen-bond donors (Lipinski definition) is 2. The Bertz CT molecular complexity index is 230. The Hall–Kier alpha value is -0.610. The van der Waals surface area contributed by atoms with Crippen LogP contribution in [0.2, 0.25) is 0 Å². The smallest absolute Gasteiger partial charge is 0.224 e. The number of carbonyl (C=O) groups excluding carboxylic acids is 1. The molecule has 0 aromatic heterocycles. The fourth-order valence-electron chi connectivity index (χ4n) is 2.03. The zero-order chi connectivity index (χ0) is 12.1. The van der Waals surface area contributed by atoms with Gasteiger partial charge < -0.3 is 15.5 Å². The predicted octanol–water partition coefficient (Wildman–Crippen LogP) is 0.298. The lowest BCUT2D eigenvalue weighted by Crippen LogP contribution is -2.40. The minimum atomic E-state index is 0.154. The maximum Gasteiger partial charge on any atom is 0.224 e. The minimum Gasteiger partial charge on any atom is -0.353 e. The van der Waals surface area contributed by atoms with Gasteiger partial charge in [-0.05, 0) is 46.4 Å². The first kappa shape index (κ1) is 13.5. The van der Waals surface area contributed by atoms with Crippen LogP contribution in [0.4, 0.5) is 0 Å². The second kappa shape index (κ2) is 6.21. The fourth-order valence-corrected chi connectivity index (χ4v) is 2.03. The van der Waals surface area contributed by atoms with Crippen LogP contribution < -0.4 is 10.6 Å². The molecule has 1 aliphatic heterocycles. The number of amides is 1. The molecule has 1 heterocycles. The summed E-state index contributed by atoms with van der Waals surface area (Å²) in [4.78, 5) is 14.1. The van der Waals surface area contributed by atoms with Crippen LogP contribution in [0, 0.1) is 11.8 Å². The molecule has 1 aliphatic rings. The molecular weight excluding hydrogens is 202 g/mol. The third kappa shape index (κ3) is 4.10. The molecule has 1 fully saturated rings. The Morgan fingerprint density at radius 2 is 2.19 bits per heavy atom. The van der Waals surface area contributed by atoms with Crippen LogP contribution in [0.1, 0.15) is 20.3 Å². The fraction of sp³-hybridized carbons (Fsp3) is 0.917. The highest BCUT2D eigenvalue weighted by Gasteiger charge is 2.29. The van der Waals surface area contributed by atoms with Crippen LogP contribution in [0.25, 0.3) is 0 Å². The van der Waals surface area contributed by atoms with E-state index in [1.807, 2.05) is 0 Å². The third-order valence-corrected chi connectivity index (χ3v) is 3.25. The van der Waals surface area contributed by atoms with Gasteiger partial charge in [0.05, 0.1) is 5.92 Å². The maximum absolute atomic E-state index is 11.9. The molecule has 1 saturated heterocycles. The van der Waals surface area contributed by atoms with Crippen LogP contribution in [-0.4, -0.2) is 50.6 Å². The van der Waals surface area contributed by atoms with Crippen molar-refractivity contribution >= 4 is 5.91 Å².